The molecule has 2 rings (SSSR count). The van der Waals surface area contributed by atoms with Crippen molar-refractivity contribution in [2.45, 2.75) is 25.3 Å². The van der Waals surface area contributed by atoms with E-state index in [9.17, 15) is 9.59 Å². The number of hydrogen-bond donors (Lipinski definition) is 3. The van der Waals surface area contributed by atoms with Gasteiger partial charge in [0.25, 0.3) is 0 Å². The molecule has 96 valence electrons. The molecule has 1 saturated carbocycles. The largest absolute Gasteiger partial charge is 0.465 e. The predicted molar refractivity (Wildman–Crippen MR) is 67.4 cm³/mol. The lowest BCUT2D eigenvalue weighted by atomic mass is 9.79. The number of para-hydroxylation sites is 1. The minimum Gasteiger partial charge on any atom is -0.465 e. The summed E-state index contributed by atoms with van der Waals surface area (Å²) < 4.78 is 0. The summed E-state index contributed by atoms with van der Waals surface area (Å²) in [4.78, 5) is 22.8. The minimum atomic E-state index is -1.16. The van der Waals surface area contributed by atoms with Crippen molar-refractivity contribution in [2.24, 2.45) is 5.92 Å². The van der Waals surface area contributed by atoms with Crippen molar-refractivity contribution in [1.82, 2.24) is 5.32 Å². The van der Waals surface area contributed by atoms with Gasteiger partial charge in [0.05, 0.1) is 0 Å². The maximum atomic E-state index is 12.0. The number of anilines is 1. The molecular formula is C13H16N2O3. The Balaban J connectivity index is 2.01. The molecule has 0 heterocycles. The molecule has 0 radical (unpaired) electrons. The fourth-order valence-corrected chi connectivity index (χ4v) is 2.05. The van der Waals surface area contributed by atoms with E-state index in [2.05, 4.69) is 10.6 Å². The summed E-state index contributed by atoms with van der Waals surface area (Å²) in [5.74, 6) is -0.168. The van der Waals surface area contributed by atoms with E-state index < -0.39 is 12.1 Å². The predicted octanol–water partition coefficient (Wildman–Crippen LogP) is 2.06. The Kier molecular flexibility index (Phi) is 3.82. The van der Waals surface area contributed by atoms with E-state index in [1.807, 2.05) is 18.2 Å². The number of carbonyl (C=O) groups excluding carboxylic acids is 1. The van der Waals surface area contributed by atoms with Crippen LogP contribution in [0.15, 0.2) is 30.3 Å². The quantitative estimate of drug-likeness (QED) is 0.763. The van der Waals surface area contributed by atoms with E-state index in [0.717, 1.165) is 19.3 Å². The molecule has 1 aromatic rings. The van der Waals surface area contributed by atoms with Gasteiger partial charge in [0.2, 0.25) is 5.91 Å². The van der Waals surface area contributed by atoms with Crippen LogP contribution >= 0.6 is 0 Å². The highest BCUT2D eigenvalue weighted by molar-refractivity contribution is 5.96. The lowest BCUT2D eigenvalue weighted by molar-refractivity contribution is -0.120. The maximum Gasteiger partial charge on any atom is 0.405 e. The first-order valence-corrected chi connectivity index (χ1v) is 6.02. The highest BCUT2D eigenvalue weighted by Crippen LogP contribution is 2.30. The van der Waals surface area contributed by atoms with Crippen LogP contribution < -0.4 is 10.6 Å². The van der Waals surface area contributed by atoms with Crippen molar-refractivity contribution in [1.29, 1.82) is 0 Å². The number of carboxylic acid groups (broad SMARTS) is 1. The highest BCUT2D eigenvalue weighted by Gasteiger charge is 2.33. The molecule has 0 spiro atoms. The first-order valence-electron chi connectivity index (χ1n) is 6.02. The van der Waals surface area contributed by atoms with Gasteiger partial charge in [-0.25, -0.2) is 4.79 Å². The molecule has 5 nitrogen and oxygen atoms in total. The molecule has 2 amide bonds. The van der Waals surface area contributed by atoms with Gasteiger partial charge in [-0.1, -0.05) is 24.6 Å². The zero-order valence-corrected chi connectivity index (χ0v) is 9.93. The van der Waals surface area contributed by atoms with Gasteiger partial charge < -0.3 is 15.7 Å². The summed E-state index contributed by atoms with van der Waals surface area (Å²) in [7, 11) is 0. The summed E-state index contributed by atoms with van der Waals surface area (Å²) in [6, 6.07) is 8.38. The molecule has 1 atom stereocenters. The second kappa shape index (κ2) is 5.53. The summed E-state index contributed by atoms with van der Waals surface area (Å²) in [6.45, 7) is 0. The van der Waals surface area contributed by atoms with E-state index in [-0.39, 0.29) is 11.8 Å². The first-order chi connectivity index (χ1) is 8.66. The van der Waals surface area contributed by atoms with Crippen LogP contribution in [0.5, 0.6) is 0 Å². The van der Waals surface area contributed by atoms with E-state index in [1.165, 1.54) is 0 Å². The average Bonchev–Trinajstić information content (AvgIpc) is 2.26. The molecule has 1 aliphatic carbocycles. The van der Waals surface area contributed by atoms with Crippen molar-refractivity contribution >= 4 is 17.7 Å². The third kappa shape index (κ3) is 3.00. The van der Waals surface area contributed by atoms with Crippen LogP contribution in [0.3, 0.4) is 0 Å². The molecule has 1 aromatic carbocycles. The van der Waals surface area contributed by atoms with Gasteiger partial charge >= 0.3 is 6.09 Å². The van der Waals surface area contributed by atoms with Gasteiger partial charge in [0.1, 0.15) is 6.04 Å². The van der Waals surface area contributed by atoms with Crippen LogP contribution in [0.1, 0.15) is 19.3 Å². The maximum absolute atomic E-state index is 12.0. The second-order valence-corrected chi connectivity index (χ2v) is 4.47. The molecule has 1 fully saturated rings. The van der Waals surface area contributed by atoms with Gasteiger partial charge in [-0.3, -0.25) is 4.79 Å². The Morgan fingerprint density at radius 3 is 2.39 bits per heavy atom. The Morgan fingerprint density at radius 2 is 1.89 bits per heavy atom. The lowest BCUT2D eigenvalue weighted by Crippen LogP contribution is -2.50. The number of rotatable bonds is 4. The molecule has 0 bridgehead atoms. The van der Waals surface area contributed by atoms with E-state index >= 15 is 0 Å². The van der Waals surface area contributed by atoms with Crippen molar-refractivity contribution in [3.63, 3.8) is 0 Å². The molecule has 0 aromatic heterocycles. The first kappa shape index (κ1) is 12.4. The van der Waals surface area contributed by atoms with Gasteiger partial charge in [0, 0.05) is 5.69 Å². The zero-order chi connectivity index (χ0) is 13.0. The van der Waals surface area contributed by atoms with Crippen molar-refractivity contribution < 1.29 is 14.7 Å². The third-order valence-electron chi connectivity index (χ3n) is 3.22. The van der Waals surface area contributed by atoms with E-state index in [4.69, 9.17) is 5.11 Å². The van der Waals surface area contributed by atoms with Crippen LogP contribution in [0.25, 0.3) is 0 Å². The molecule has 0 saturated heterocycles. The smallest absolute Gasteiger partial charge is 0.405 e. The Labute approximate surface area is 105 Å². The summed E-state index contributed by atoms with van der Waals surface area (Å²) >= 11 is 0. The SMILES string of the molecule is O=C(O)N[C@@H](C(=O)Nc1ccccc1)C1CCC1. The molecular weight excluding hydrogens is 232 g/mol. The summed E-state index contributed by atoms with van der Waals surface area (Å²) in [5.41, 5.74) is 0.680. The van der Waals surface area contributed by atoms with Crippen molar-refractivity contribution in [3.8, 4) is 0 Å². The Hall–Kier alpha value is -2.04. The van der Waals surface area contributed by atoms with Crippen LogP contribution in [0.4, 0.5) is 10.5 Å². The standard InChI is InChI=1S/C13H16N2O3/c16-12(14-10-7-2-1-3-8-10)11(15-13(17)18)9-5-4-6-9/h1-3,7-9,11,15H,4-6H2,(H,14,16)(H,17,18)/t11-/m1/s1. The number of amides is 2. The molecule has 0 unspecified atom stereocenters. The molecule has 5 heteroatoms. The third-order valence-corrected chi connectivity index (χ3v) is 3.22. The highest BCUT2D eigenvalue weighted by atomic mass is 16.4. The normalized spacial score (nSPS) is 16.4. The van der Waals surface area contributed by atoms with Crippen LogP contribution in [-0.2, 0) is 4.79 Å². The zero-order valence-electron chi connectivity index (χ0n) is 9.93. The van der Waals surface area contributed by atoms with Gasteiger partial charge in [-0.05, 0) is 30.9 Å². The monoisotopic (exact) mass is 248 g/mol. The van der Waals surface area contributed by atoms with Crippen LogP contribution in [-0.4, -0.2) is 23.1 Å². The van der Waals surface area contributed by atoms with Crippen molar-refractivity contribution in [3.05, 3.63) is 30.3 Å². The van der Waals surface area contributed by atoms with Gasteiger partial charge in [0.15, 0.2) is 0 Å². The molecule has 18 heavy (non-hydrogen) atoms. The minimum absolute atomic E-state index is 0.116. The Bertz CT molecular complexity index is 429. The summed E-state index contributed by atoms with van der Waals surface area (Å²) in [6.07, 6.45) is 1.69. The van der Waals surface area contributed by atoms with Gasteiger partial charge in [-0.15, -0.1) is 0 Å². The number of nitrogens with one attached hydrogen (secondary N) is 2. The number of hydrogen-bond acceptors (Lipinski definition) is 2. The number of carbonyl (C=O) groups is 2. The topological polar surface area (TPSA) is 78.4 Å². The average molecular weight is 248 g/mol. The molecule has 1 aliphatic rings. The Morgan fingerprint density at radius 1 is 1.22 bits per heavy atom. The van der Waals surface area contributed by atoms with Crippen LogP contribution in [0, 0.1) is 5.92 Å². The second-order valence-electron chi connectivity index (χ2n) is 4.47. The molecule has 3 N–H and O–H groups in total. The molecule has 0 aliphatic heterocycles. The fourth-order valence-electron chi connectivity index (χ4n) is 2.05. The van der Waals surface area contributed by atoms with Crippen molar-refractivity contribution in [2.75, 3.05) is 5.32 Å². The number of benzene rings is 1. The van der Waals surface area contributed by atoms with E-state index in [1.54, 1.807) is 12.1 Å². The summed E-state index contributed by atoms with van der Waals surface area (Å²) in [5, 5.41) is 13.8. The van der Waals surface area contributed by atoms with E-state index in [0.29, 0.717) is 5.69 Å². The van der Waals surface area contributed by atoms with Crippen LogP contribution in [0.2, 0.25) is 0 Å². The fraction of sp³-hybridized carbons (Fsp3) is 0.385. The lowest BCUT2D eigenvalue weighted by Gasteiger charge is -2.32. The van der Waals surface area contributed by atoms with Gasteiger partial charge in [-0.2, -0.15) is 0 Å².